The van der Waals surface area contributed by atoms with Crippen molar-refractivity contribution < 1.29 is 0 Å². The van der Waals surface area contributed by atoms with Gasteiger partial charge in [0.15, 0.2) is 5.82 Å². The summed E-state index contributed by atoms with van der Waals surface area (Å²) >= 11 is 0. The van der Waals surface area contributed by atoms with Gasteiger partial charge in [-0.25, -0.2) is 20.8 Å². The highest BCUT2D eigenvalue weighted by Gasteiger charge is 2.21. The Balaban J connectivity index is 2.03. The number of hydrogen-bond acceptors (Lipinski definition) is 5. The van der Waals surface area contributed by atoms with Crippen LogP contribution in [0.5, 0.6) is 0 Å². The van der Waals surface area contributed by atoms with E-state index in [1.807, 2.05) is 10.6 Å². The summed E-state index contributed by atoms with van der Waals surface area (Å²) in [4.78, 5) is 13.4. The van der Waals surface area contributed by atoms with Crippen LogP contribution < -0.4 is 11.3 Å². The zero-order valence-corrected chi connectivity index (χ0v) is 11.7. The number of aryl methyl sites for hydroxylation is 1. The summed E-state index contributed by atoms with van der Waals surface area (Å²) in [5.41, 5.74) is 4.67. The third-order valence-corrected chi connectivity index (χ3v) is 3.95. The highest BCUT2D eigenvalue weighted by atomic mass is 15.3. The lowest BCUT2D eigenvalue weighted by Crippen LogP contribution is -2.12. The van der Waals surface area contributed by atoms with E-state index in [-0.39, 0.29) is 0 Å². The maximum atomic E-state index is 5.55. The first-order chi connectivity index (χ1) is 9.81. The molecule has 1 saturated carbocycles. The summed E-state index contributed by atoms with van der Waals surface area (Å²) in [6.45, 7) is 2.92. The van der Waals surface area contributed by atoms with Crippen LogP contribution in [-0.4, -0.2) is 19.5 Å². The van der Waals surface area contributed by atoms with Crippen molar-refractivity contribution in [1.82, 2.24) is 19.5 Å². The Labute approximate surface area is 118 Å². The standard InChI is InChI=1S/C14H20N6/c1-2-20-9-16-8-12(20)14-17-11(7-13(18-14)19-15)10-5-3-4-6-10/h7-10H,2-6,15H2,1H3,(H,17,18,19). The van der Waals surface area contributed by atoms with Gasteiger partial charge in [0.2, 0.25) is 0 Å². The van der Waals surface area contributed by atoms with E-state index >= 15 is 0 Å². The Morgan fingerprint density at radius 3 is 2.85 bits per heavy atom. The van der Waals surface area contributed by atoms with Crippen molar-refractivity contribution in [2.75, 3.05) is 5.43 Å². The van der Waals surface area contributed by atoms with Crippen LogP contribution in [0.2, 0.25) is 0 Å². The minimum Gasteiger partial charge on any atom is -0.328 e. The quantitative estimate of drug-likeness (QED) is 0.659. The number of nitrogens with zero attached hydrogens (tertiary/aromatic N) is 4. The maximum Gasteiger partial charge on any atom is 0.180 e. The van der Waals surface area contributed by atoms with Gasteiger partial charge in [-0.3, -0.25) is 0 Å². The molecule has 0 radical (unpaired) electrons. The number of anilines is 1. The molecule has 6 heteroatoms. The van der Waals surface area contributed by atoms with E-state index in [0.717, 1.165) is 17.9 Å². The fourth-order valence-electron chi connectivity index (χ4n) is 2.84. The number of nitrogens with two attached hydrogens (primary N) is 1. The average Bonchev–Trinajstić information content (AvgIpc) is 3.17. The number of imidazole rings is 1. The largest absolute Gasteiger partial charge is 0.328 e. The van der Waals surface area contributed by atoms with Gasteiger partial charge in [0.05, 0.1) is 12.5 Å². The summed E-state index contributed by atoms with van der Waals surface area (Å²) in [6.07, 6.45) is 8.57. The summed E-state index contributed by atoms with van der Waals surface area (Å²) in [5, 5.41) is 0. The molecule has 106 valence electrons. The number of hydrazine groups is 1. The summed E-state index contributed by atoms with van der Waals surface area (Å²) in [5.74, 6) is 7.44. The van der Waals surface area contributed by atoms with Gasteiger partial charge in [-0.2, -0.15) is 0 Å². The molecular formula is C14H20N6. The van der Waals surface area contributed by atoms with Gasteiger partial charge < -0.3 is 9.99 Å². The van der Waals surface area contributed by atoms with E-state index in [0.29, 0.717) is 17.6 Å². The minimum atomic E-state index is 0.529. The number of hydrogen-bond donors (Lipinski definition) is 2. The van der Waals surface area contributed by atoms with E-state index in [2.05, 4.69) is 22.3 Å². The molecule has 0 amide bonds. The highest BCUT2D eigenvalue weighted by molar-refractivity contribution is 5.53. The summed E-state index contributed by atoms with van der Waals surface area (Å²) in [7, 11) is 0. The zero-order valence-electron chi connectivity index (χ0n) is 11.7. The topological polar surface area (TPSA) is 81.7 Å². The fraction of sp³-hybridized carbons (Fsp3) is 0.500. The zero-order chi connectivity index (χ0) is 13.9. The van der Waals surface area contributed by atoms with Crippen LogP contribution in [0.1, 0.15) is 44.2 Å². The van der Waals surface area contributed by atoms with Gasteiger partial charge >= 0.3 is 0 Å². The van der Waals surface area contributed by atoms with Crippen molar-refractivity contribution in [3.63, 3.8) is 0 Å². The molecule has 0 aromatic carbocycles. The molecule has 0 bridgehead atoms. The molecule has 0 unspecified atom stereocenters. The van der Waals surface area contributed by atoms with Crippen molar-refractivity contribution >= 4 is 5.82 Å². The first-order valence-electron chi connectivity index (χ1n) is 7.18. The lowest BCUT2D eigenvalue weighted by atomic mass is 10.0. The van der Waals surface area contributed by atoms with Crippen molar-refractivity contribution in [3.8, 4) is 11.5 Å². The molecule has 2 heterocycles. The Bertz CT molecular complexity index is 585. The van der Waals surface area contributed by atoms with Crippen LogP contribution in [0.3, 0.4) is 0 Å². The second-order valence-electron chi connectivity index (χ2n) is 5.19. The molecule has 0 spiro atoms. The molecule has 3 N–H and O–H groups in total. The van der Waals surface area contributed by atoms with Gasteiger partial charge in [-0.15, -0.1) is 0 Å². The molecule has 0 saturated heterocycles. The van der Waals surface area contributed by atoms with Crippen LogP contribution in [0.25, 0.3) is 11.5 Å². The van der Waals surface area contributed by atoms with Crippen LogP contribution in [0.4, 0.5) is 5.82 Å². The van der Waals surface area contributed by atoms with Crippen LogP contribution >= 0.6 is 0 Å². The smallest absolute Gasteiger partial charge is 0.180 e. The first-order valence-corrected chi connectivity index (χ1v) is 7.18. The van der Waals surface area contributed by atoms with Gasteiger partial charge in [0, 0.05) is 24.2 Å². The van der Waals surface area contributed by atoms with E-state index in [1.165, 1.54) is 25.7 Å². The highest BCUT2D eigenvalue weighted by Crippen LogP contribution is 2.34. The van der Waals surface area contributed by atoms with E-state index in [9.17, 15) is 0 Å². The van der Waals surface area contributed by atoms with E-state index in [4.69, 9.17) is 10.8 Å². The molecular weight excluding hydrogens is 252 g/mol. The van der Waals surface area contributed by atoms with Crippen LogP contribution in [-0.2, 0) is 6.54 Å². The number of nitrogens with one attached hydrogen (secondary N) is 1. The average molecular weight is 272 g/mol. The van der Waals surface area contributed by atoms with E-state index < -0.39 is 0 Å². The van der Waals surface area contributed by atoms with Gasteiger partial charge in [0.25, 0.3) is 0 Å². The van der Waals surface area contributed by atoms with E-state index in [1.54, 1.807) is 12.5 Å². The Kier molecular flexibility index (Phi) is 3.64. The van der Waals surface area contributed by atoms with Crippen molar-refractivity contribution in [2.45, 2.75) is 45.1 Å². The SMILES string of the molecule is CCn1cncc1-c1nc(NN)cc(C2CCCC2)n1. The van der Waals surface area contributed by atoms with Crippen molar-refractivity contribution in [3.05, 3.63) is 24.3 Å². The normalized spacial score (nSPS) is 15.7. The van der Waals surface area contributed by atoms with Crippen LogP contribution in [0.15, 0.2) is 18.6 Å². The van der Waals surface area contributed by atoms with Gasteiger partial charge in [-0.05, 0) is 19.8 Å². The lowest BCUT2D eigenvalue weighted by molar-refractivity contribution is 0.693. The van der Waals surface area contributed by atoms with Gasteiger partial charge in [-0.1, -0.05) is 12.8 Å². The first kappa shape index (κ1) is 13.1. The predicted octanol–water partition coefficient (Wildman–Crippen LogP) is 2.30. The number of aromatic nitrogens is 4. The Morgan fingerprint density at radius 2 is 2.15 bits per heavy atom. The molecule has 2 aromatic heterocycles. The van der Waals surface area contributed by atoms with Gasteiger partial charge in [0.1, 0.15) is 11.5 Å². The lowest BCUT2D eigenvalue weighted by Gasteiger charge is -2.12. The second-order valence-corrected chi connectivity index (χ2v) is 5.19. The molecule has 3 rings (SSSR count). The molecule has 1 aliphatic rings. The number of nitrogen functional groups attached to an aromatic ring is 1. The maximum absolute atomic E-state index is 5.55. The third-order valence-electron chi connectivity index (χ3n) is 3.95. The van der Waals surface area contributed by atoms with Crippen molar-refractivity contribution in [2.24, 2.45) is 5.84 Å². The second kappa shape index (κ2) is 5.58. The minimum absolute atomic E-state index is 0.529. The van der Waals surface area contributed by atoms with Crippen LogP contribution in [0, 0.1) is 0 Å². The fourth-order valence-corrected chi connectivity index (χ4v) is 2.84. The molecule has 20 heavy (non-hydrogen) atoms. The monoisotopic (exact) mass is 272 g/mol. The summed E-state index contributed by atoms with van der Waals surface area (Å²) < 4.78 is 2.04. The molecule has 1 fully saturated rings. The van der Waals surface area contributed by atoms with Crippen molar-refractivity contribution in [1.29, 1.82) is 0 Å². The summed E-state index contributed by atoms with van der Waals surface area (Å²) in [6, 6.07) is 1.96. The third kappa shape index (κ3) is 2.38. The molecule has 0 aliphatic heterocycles. The molecule has 1 aliphatic carbocycles. The molecule has 2 aromatic rings. The molecule has 0 atom stereocenters. The number of rotatable bonds is 4. The Hall–Kier alpha value is -1.95. The molecule has 6 nitrogen and oxygen atoms in total. The Morgan fingerprint density at radius 1 is 1.35 bits per heavy atom. The predicted molar refractivity (Wildman–Crippen MR) is 77.9 cm³/mol.